The molecular weight excluding hydrogens is 320 g/mol. The third-order valence-corrected chi connectivity index (χ3v) is 6.51. The van der Waals surface area contributed by atoms with Crippen molar-refractivity contribution in [2.75, 3.05) is 27.3 Å². The van der Waals surface area contributed by atoms with E-state index in [4.69, 9.17) is 8.85 Å². The highest BCUT2D eigenvalue weighted by Crippen LogP contribution is 2.15. The highest BCUT2D eigenvalue weighted by atomic mass is 28.2. The van der Waals surface area contributed by atoms with Crippen LogP contribution in [0.4, 0.5) is 0 Å². The summed E-state index contributed by atoms with van der Waals surface area (Å²) in [7, 11) is 3.20. The maximum absolute atomic E-state index is 5.10. The second-order valence-electron chi connectivity index (χ2n) is 6.36. The standard InChI is InChI=1S/C9H19NOSi.C8H17NOSi/c1-11-12-8-4-7-10-9-5-2-3-6-9;1-10-11-7-6-9-8-4-2-3-5-8/h2-8,12H2,1H3;2-7,11H2,1H3. The molecule has 0 radical (unpaired) electrons. The Labute approximate surface area is 147 Å². The lowest BCUT2D eigenvalue weighted by atomic mass is 10.3. The molecule has 0 aromatic carbocycles. The Morgan fingerprint density at radius 2 is 1.22 bits per heavy atom. The summed E-state index contributed by atoms with van der Waals surface area (Å²) < 4.78 is 10.2. The third kappa shape index (κ3) is 11.8. The summed E-state index contributed by atoms with van der Waals surface area (Å²) in [6.07, 6.45) is 11.7. The maximum atomic E-state index is 5.10. The van der Waals surface area contributed by atoms with Gasteiger partial charge >= 0.3 is 0 Å². The minimum Gasteiger partial charge on any atom is -0.427 e. The van der Waals surface area contributed by atoms with Gasteiger partial charge in [0.05, 0.1) is 0 Å². The number of aliphatic imine (C=N–C) groups is 2. The number of hydrogen-bond acceptors (Lipinski definition) is 4. The van der Waals surface area contributed by atoms with Gasteiger partial charge in [-0.05, 0) is 69.9 Å². The zero-order valence-corrected chi connectivity index (χ0v) is 18.1. The smallest absolute Gasteiger partial charge is 0.162 e. The van der Waals surface area contributed by atoms with Crippen LogP contribution in [-0.2, 0) is 8.85 Å². The van der Waals surface area contributed by atoms with Gasteiger partial charge in [-0.15, -0.1) is 0 Å². The molecule has 0 atom stereocenters. The average Bonchev–Trinajstić information content (AvgIpc) is 3.26. The summed E-state index contributed by atoms with van der Waals surface area (Å²) in [5, 5.41) is 0. The van der Waals surface area contributed by atoms with E-state index in [0.29, 0.717) is 0 Å². The van der Waals surface area contributed by atoms with Crippen molar-refractivity contribution in [1.82, 2.24) is 0 Å². The van der Waals surface area contributed by atoms with Gasteiger partial charge in [-0.2, -0.15) is 0 Å². The third-order valence-electron chi connectivity index (χ3n) is 4.30. The molecule has 0 spiro atoms. The van der Waals surface area contributed by atoms with Gasteiger partial charge < -0.3 is 8.85 Å². The summed E-state index contributed by atoms with van der Waals surface area (Å²) in [5.41, 5.74) is 2.92. The van der Waals surface area contributed by atoms with Gasteiger partial charge in [-0.25, -0.2) is 0 Å². The van der Waals surface area contributed by atoms with Crippen LogP contribution in [0.5, 0.6) is 0 Å². The molecule has 2 saturated carbocycles. The summed E-state index contributed by atoms with van der Waals surface area (Å²) in [5.74, 6) is 0. The van der Waals surface area contributed by atoms with E-state index in [1.54, 1.807) is 7.11 Å². The van der Waals surface area contributed by atoms with E-state index in [-0.39, 0.29) is 19.5 Å². The molecule has 0 N–H and O–H groups in total. The van der Waals surface area contributed by atoms with Gasteiger partial charge in [0.1, 0.15) is 0 Å². The SMILES string of the molecule is CO[SiH2]CCCN=C1CCCC1.CO[SiH2]CCN=C1CCCC1. The van der Waals surface area contributed by atoms with E-state index in [1.807, 2.05) is 7.11 Å². The van der Waals surface area contributed by atoms with E-state index in [1.165, 1.54) is 81.3 Å². The Bertz CT molecular complexity index is 333. The quantitative estimate of drug-likeness (QED) is 0.471. The summed E-state index contributed by atoms with van der Waals surface area (Å²) >= 11 is 0. The van der Waals surface area contributed by atoms with Crippen LogP contribution in [-0.4, -0.2) is 58.3 Å². The van der Waals surface area contributed by atoms with Gasteiger partial charge in [-0.1, -0.05) is 0 Å². The van der Waals surface area contributed by atoms with E-state index in [2.05, 4.69) is 9.98 Å². The van der Waals surface area contributed by atoms with Crippen molar-refractivity contribution in [3.05, 3.63) is 0 Å². The fourth-order valence-corrected chi connectivity index (χ4v) is 4.22. The molecule has 0 aliphatic heterocycles. The van der Waals surface area contributed by atoms with Crippen molar-refractivity contribution in [2.24, 2.45) is 9.98 Å². The summed E-state index contributed by atoms with van der Waals surface area (Å²) in [4.78, 5) is 9.11. The van der Waals surface area contributed by atoms with Crippen molar-refractivity contribution in [1.29, 1.82) is 0 Å². The minimum absolute atomic E-state index is 0.189. The molecule has 6 heteroatoms. The normalized spacial score (nSPS) is 18.2. The van der Waals surface area contributed by atoms with E-state index < -0.39 is 0 Å². The summed E-state index contributed by atoms with van der Waals surface area (Å²) in [6.45, 7) is 2.07. The van der Waals surface area contributed by atoms with Crippen molar-refractivity contribution in [3.8, 4) is 0 Å². The van der Waals surface area contributed by atoms with Crippen LogP contribution in [0.15, 0.2) is 9.98 Å². The van der Waals surface area contributed by atoms with Crippen molar-refractivity contribution in [2.45, 2.75) is 69.9 Å². The van der Waals surface area contributed by atoms with Crippen LogP contribution in [0.1, 0.15) is 57.8 Å². The van der Waals surface area contributed by atoms with Crippen molar-refractivity contribution < 1.29 is 8.85 Å². The topological polar surface area (TPSA) is 43.2 Å². The van der Waals surface area contributed by atoms with Gasteiger partial charge in [-0.3, -0.25) is 9.98 Å². The monoisotopic (exact) mass is 356 g/mol. The molecule has 4 nitrogen and oxygen atoms in total. The first-order chi connectivity index (χ1) is 11.4. The first-order valence-electron chi connectivity index (χ1n) is 9.39. The van der Waals surface area contributed by atoms with Crippen LogP contribution in [0.3, 0.4) is 0 Å². The molecule has 0 saturated heterocycles. The Kier molecular flexibility index (Phi) is 13.7. The lowest BCUT2D eigenvalue weighted by Crippen LogP contribution is -1.97. The Balaban J connectivity index is 0.000000231. The molecule has 0 bridgehead atoms. The largest absolute Gasteiger partial charge is 0.427 e. The van der Waals surface area contributed by atoms with Crippen LogP contribution < -0.4 is 0 Å². The molecule has 0 heterocycles. The average molecular weight is 357 g/mol. The van der Waals surface area contributed by atoms with Crippen LogP contribution in [0, 0.1) is 0 Å². The molecule has 134 valence electrons. The minimum atomic E-state index is -0.223. The highest BCUT2D eigenvalue weighted by Gasteiger charge is 2.07. The van der Waals surface area contributed by atoms with Gasteiger partial charge in [0.15, 0.2) is 19.5 Å². The zero-order valence-electron chi connectivity index (χ0n) is 15.3. The Hall–Kier alpha value is -0.306. The Morgan fingerprint density at radius 3 is 1.74 bits per heavy atom. The van der Waals surface area contributed by atoms with Crippen LogP contribution in [0.2, 0.25) is 12.1 Å². The van der Waals surface area contributed by atoms with Crippen LogP contribution in [0.25, 0.3) is 0 Å². The lowest BCUT2D eigenvalue weighted by molar-refractivity contribution is 0.440. The van der Waals surface area contributed by atoms with E-state index >= 15 is 0 Å². The molecule has 2 aliphatic rings. The van der Waals surface area contributed by atoms with Crippen molar-refractivity contribution in [3.63, 3.8) is 0 Å². The first kappa shape index (κ1) is 20.7. The summed E-state index contributed by atoms with van der Waals surface area (Å²) in [6, 6.07) is 2.49. The second kappa shape index (κ2) is 15.2. The van der Waals surface area contributed by atoms with Crippen LogP contribution >= 0.6 is 0 Å². The fourth-order valence-electron chi connectivity index (χ4n) is 2.92. The maximum Gasteiger partial charge on any atom is 0.162 e. The molecular formula is C17H36N2O2Si2. The lowest BCUT2D eigenvalue weighted by Gasteiger charge is -1.97. The molecule has 2 rings (SSSR count). The molecule has 2 aliphatic carbocycles. The van der Waals surface area contributed by atoms with Gasteiger partial charge in [0, 0.05) is 38.7 Å². The Morgan fingerprint density at radius 1 is 0.739 bits per heavy atom. The number of rotatable bonds is 9. The highest BCUT2D eigenvalue weighted by molar-refractivity contribution is 6.27. The molecule has 0 aromatic heterocycles. The molecule has 0 aromatic rings. The molecule has 0 amide bonds. The number of hydrogen-bond donors (Lipinski definition) is 0. The predicted octanol–water partition coefficient (Wildman–Crippen LogP) is 2.69. The second-order valence-corrected chi connectivity index (χ2v) is 9.74. The molecule has 23 heavy (non-hydrogen) atoms. The number of nitrogens with zero attached hydrogens (tertiary/aromatic N) is 2. The molecule has 2 fully saturated rings. The first-order valence-corrected chi connectivity index (χ1v) is 12.5. The van der Waals surface area contributed by atoms with E-state index in [9.17, 15) is 0 Å². The zero-order chi connectivity index (χ0) is 16.6. The van der Waals surface area contributed by atoms with Gasteiger partial charge in [0.25, 0.3) is 0 Å². The fraction of sp³-hybridized carbons (Fsp3) is 0.882. The van der Waals surface area contributed by atoms with E-state index in [0.717, 1.165) is 13.1 Å². The van der Waals surface area contributed by atoms with Gasteiger partial charge in [0.2, 0.25) is 0 Å². The molecule has 0 unspecified atom stereocenters. The van der Waals surface area contributed by atoms with Crippen molar-refractivity contribution >= 4 is 30.9 Å². The predicted molar refractivity (Wildman–Crippen MR) is 107 cm³/mol.